The van der Waals surface area contributed by atoms with E-state index >= 15 is 0 Å². The number of imidazole rings is 1. The molecule has 1 aliphatic rings. The second kappa shape index (κ2) is 13.0. The molecule has 0 saturated heterocycles. The van der Waals surface area contributed by atoms with Gasteiger partial charge in [-0.3, -0.25) is 14.9 Å². The molecule has 0 radical (unpaired) electrons. The third kappa shape index (κ3) is 5.53. The Hall–Kier alpha value is -6.89. The standard InChI is InChI=1S/C47H34N6/c1-4-12-33(13-5-1)44-50-45(34-14-6-2-7-15-34)52-46(51-44)35-22-20-31(21-23-35)32-24-26-37(27-25-32)53-43-40-19-11-10-18-38(40)39-28-29-48-30-41(39)42(43)49-47(53)36-16-8-3-9-17-36/h1-30,44,46,51H,(H,50,52). The van der Waals surface area contributed by atoms with E-state index in [-0.39, 0.29) is 12.3 Å². The number of fused-ring (bicyclic) bond motifs is 6. The van der Waals surface area contributed by atoms with Gasteiger partial charge in [0.15, 0.2) is 0 Å². The van der Waals surface area contributed by atoms with Crippen molar-refractivity contribution >= 4 is 38.4 Å². The number of hydrogen-bond acceptors (Lipinski definition) is 5. The van der Waals surface area contributed by atoms with Crippen molar-refractivity contribution in [2.75, 3.05) is 0 Å². The fourth-order valence-electron chi connectivity index (χ4n) is 7.58. The van der Waals surface area contributed by atoms with E-state index in [1.165, 1.54) is 5.39 Å². The second-order valence-electron chi connectivity index (χ2n) is 13.4. The summed E-state index contributed by atoms with van der Waals surface area (Å²) in [6.07, 6.45) is 3.52. The lowest BCUT2D eigenvalue weighted by molar-refractivity contribution is 0.409. The van der Waals surface area contributed by atoms with Crippen LogP contribution in [0.1, 0.15) is 29.0 Å². The van der Waals surface area contributed by atoms with Crippen LogP contribution >= 0.6 is 0 Å². The van der Waals surface area contributed by atoms with Crippen molar-refractivity contribution in [2.45, 2.75) is 12.3 Å². The quantitative estimate of drug-likeness (QED) is 0.171. The number of benzene rings is 7. The van der Waals surface area contributed by atoms with Gasteiger partial charge in [-0.1, -0.05) is 152 Å². The topological polar surface area (TPSA) is 67.1 Å². The van der Waals surface area contributed by atoms with Gasteiger partial charge in [0, 0.05) is 40.0 Å². The Morgan fingerprint density at radius 3 is 1.81 bits per heavy atom. The summed E-state index contributed by atoms with van der Waals surface area (Å²) in [5.41, 5.74) is 9.75. The van der Waals surface area contributed by atoms with Gasteiger partial charge in [0.2, 0.25) is 0 Å². The van der Waals surface area contributed by atoms with Crippen LogP contribution in [0, 0.1) is 0 Å². The van der Waals surface area contributed by atoms with E-state index < -0.39 is 0 Å². The van der Waals surface area contributed by atoms with Gasteiger partial charge in [-0.25, -0.2) is 9.98 Å². The van der Waals surface area contributed by atoms with Gasteiger partial charge in [0.1, 0.15) is 24.0 Å². The van der Waals surface area contributed by atoms with Gasteiger partial charge in [-0.15, -0.1) is 0 Å². The van der Waals surface area contributed by atoms with Crippen LogP contribution in [0.4, 0.5) is 0 Å². The van der Waals surface area contributed by atoms with E-state index in [9.17, 15) is 0 Å². The van der Waals surface area contributed by atoms with Gasteiger partial charge in [0.05, 0.1) is 11.0 Å². The molecular formula is C47H34N6. The van der Waals surface area contributed by atoms with E-state index in [0.717, 1.165) is 77.9 Å². The number of hydrogen-bond donors (Lipinski definition) is 2. The first-order chi connectivity index (χ1) is 26.3. The smallest absolute Gasteiger partial charge is 0.145 e. The average Bonchev–Trinajstić information content (AvgIpc) is 3.66. The minimum atomic E-state index is -0.208. The Morgan fingerprint density at radius 1 is 0.491 bits per heavy atom. The number of aromatic nitrogens is 3. The monoisotopic (exact) mass is 682 g/mol. The molecule has 3 heterocycles. The fourth-order valence-corrected chi connectivity index (χ4v) is 7.58. The van der Waals surface area contributed by atoms with Crippen molar-refractivity contribution in [3.05, 3.63) is 199 Å². The largest absolute Gasteiger partial charge is 0.350 e. The molecule has 0 saturated carbocycles. The molecule has 0 amide bonds. The summed E-state index contributed by atoms with van der Waals surface area (Å²) in [6, 6.07) is 59.5. The van der Waals surface area contributed by atoms with Gasteiger partial charge in [0.25, 0.3) is 0 Å². The Morgan fingerprint density at radius 2 is 1.09 bits per heavy atom. The molecule has 2 unspecified atom stereocenters. The average molecular weight is 683 g/mol. The summed E-state index contributed by atoms with van der Waals surface area (Å²) in [6.45, 7) is 0. The lowest BCUT2D eigenvalue weighted by Gasteiger charge is -2.32. The van der Waals surface area contributed by atoms with Crippen LogP contribution in [-0.4, -0.2) is 20.4 Å². The fraction of sp³-hybridized carbons (Fsp3) is 0.0426. The molecule has 0 bridgehead atoms. The zero-order valence-electron chi connectivity index (χ0n) is 28.8. The zero-order valence-corrected chi connectivity index (χ0v) is 28.8. The number of amidine groups is 1. The van der Waals surface area contributed by atoms with Crippen LogP contribution < -0.4 is 10.6 Å². The van der Waals surface area contributed by atoms with Crippen molar-refractivity contribution in [1.82, 2.24) is 25.2 Å². The first kappa shape index (κ1) is 30.9. The van der Waals surface area contributed by atoms with Crippen molar-refractivity contribution in [3.63, 3.8) is 0 Å². The highest BCUT2D eigenvalue weighted by Crippen LogP contribution is 2.39. The second-order valence-corrected chi connectivity index (χ2v) is 13.4. The minimum absolute atomic E-state index is 0.0764. The van der Waals surface area contributed by atoms with Crippen LogP contribution in [0.2, 0.25) is 0 Å². The maximum Gasteiger partial charge on any atom is 0.145 e. The lowest BCUT2D eigenvalue weighted by Crippen LogP contribution is -2.44. The molecule has 9 aromatic rings. The molecule has 7 aromatic carbocycles. The summed E-state index contributed by atoms with van der Waals surface area (Å²) < 4.78 is 2.31. The van der Waals surface area contributed by atoms with Crippen molar-refractivity contribution in [1.29, 1.82) is 0 Å². The Bertz CT molecular complexity index is 2760. The third-order valence-electron chi connectivity index (χ3n) is 10.2. The van der Waals surface area contributed by atoms with Crippen molar-refractivity contribution < 1.29 is 0 Å². The molecule has 6 heteroatoms. The molecule has 6 nitrogen and oxygen atoms in total. The maximum absolute atomic E-state index is 5.32. The van der Waals surface area contributed by atoms with Crippen LogP contribution in [0.3, 0.4) is 0 Å². The SMILES string of the molecule is c1ccc(C2=NC(c3ccc(-c4ccc(-n5c(-c6ccccc6)nc6c7cnccc7c7ccccc7c65)cc4)cc3)NC(c3ccccc3)N2)cc1. The molecule has 2 aromatic heterocycles. The molecule has 1 aliphatic heterocycles. The van der Waals surface area contributed by atoms with E-state index in [4.69, 9.17) is 9.98 Å². The molecular weight excluding hydrogens is 649 g/mol. The van der Waals surface area contributed by atoms with Crippen LogP contribution in [-0.2, 0) is 0 Å². The predicted octanol–water partition coefficient (Wildman–Crippen LogP) is 10.4. The van der Waals surface area contributed by atoms with E-state index in [0.29, 0.717) is 0 Å². The van der Waals surface area contributed by atoms with E-state index in [2.05, 4.69) is 160 Å². The zero-order chi connectivity index (χ0) is 35.1. The summed E-state index contributed by atoms with van der Waals surface area (Å²) >= 11 is 0. The molecule has 10 rings (SSSR count). The summed E-state index contributed by atoms with van der Waals surface area (Å²) in [7, 11) is 0. The van der Waals surface area contributed by atoms with Gasteiger partial charge < -0.3 is 5.32 Å². The number of aliphatic imine (C=N–C) groups is 1. The molecule has 53 heavy (non-hydrogen) atoms. The summed E-state index contributed by atoms with van der Waals surface area (Å²) in [5.74, 6) is 1.78. The molecule has 252 valence electrons. The molecule has 0 fully saturated rings. The van der Waals surface area contributed by atoms with Crippen LogP contribution in [0.15, 0.2) is 187 Å². The van der Waals surface area contributed by atoms with Crippen LogP contribution in [0.25, 0.3) is 60.8 Å². The van der Waals surface area contributed by atoms with Crippen molar-refractivity contribution in [3.8, 4) is 28.2 Å². The Balaban J connectivity index is 1.03. The van der Waals surface area contributed by atoms with Gasteiger partial charge in [-0.2, -0.15) is 0 Å². The Labute approximate surface area is 307 Å². The molecule has 2 N–H and O–H groups in total. The Kier molecular flexibility index (Phi) is 7.59. The molecule has 0 aliphatic carbocycles. The molecule has 2 atom stereocenters. The highest BCUT2D eigenvalue weighted by molar-refractivity contribution is 6.24. The lowest BCUT2D eigenvalue weighted by atomic mass is 10.0. The maximum atomic E-state index is 5.32. The van der Waals surface area contributed by atoms with Crippen molar-refractivity contribution in [2.24, 2.45) is 4.99 Å². The first-order valence-electron chi connectivity index (χ1n) is 17.9. The minimum Gasteiger partial charge on any atom is -0.350 e. The third-order valence-corrected chi connectivity index (χ3v) is 10.2. The highest BCUT2D eigenvalue weighted by Gasteiger charge is 2.25. The first-order valence-corrected chi connectivity index (χ1v) is 17.9. The summed E-state index contributed by atoms with van der Waals surface area (Å²) in [5, 5.41) is 11.9. The van der Waals surface area contributed by atoms with E-state index in [1.807, 2.05) is 42.7 Å². The number of nitrogens with zero attached hydrogens (tertiary/aromatic N) is 4. The molecule has 0 spiro atoms. The van der Waals surface area contributed by atoms with Gasteiger partial charge >= 0.3 is 0 Å². The normalized spacial score (nSPS) is 15.7. The number of rotatable bonds is 6. The van der Waals surface area contributed by atoms with Gasteiger partial charge in [-0.05, 0) is 51.2 Å². The summed E-state index contributed by atoms with van der Waals surface area (Å²) in [4.78, 5) is 15.0. The number of pyridine rings is 1. The van der Waals surface area contributed by atoms with E-state index in [1.54, 1.807) is 0 Å². The predicted molar refractivity (Wildman–Crippen MR) is 216 cm³/mol. The highest BCUT2D eigenvalue weighted by atomic mass is 15.3. The number of nitrogens with one attached hydrogen (secondary N) is 2. The van der Waals surface area contributed by atoms with Crippen LogP contribution in [0.5, 0.6) is 0 Å².